The van der Waals surface area contributed by atoms with E-state index in [9.17, 15) is 14.4 Å². The van der Waals surface area contributed by atoms with Crippen LogP contribution in [0.3, 0.4) is 0 Å². The monoisotopic (exact) mass is 367 g/mol. The Balaban J connectivity index is 1.95. The summed E-state index contributed by atoms with van der Waals surface area (Å²) in [6, 6.07) is 17.4. The van der Waals surface area contributed by atoms with E-state index in [1.165, 1.54) is 6.92 Å². The standard InChI is InChI=1S/C22H25NO4/c1-15(22(27)23-20(16(2)24)12-13-21(25)26)14-17-8-10-19(11-9-17)18-6-4-3-5-7-18/h3-11,15,20H,12-14H2,1-2H3,(H,23,27)(H,25,26)/t15-,20-/m0/s1. The number of benzene rings is 2. The minimum Gasteiger partial charge on any atom is -0.481 e. The first-order chi connectivity index (χ1) is 12.9. The van der Waals surface area contributed by atoms with E-state index in [0.29, 0.717) is 6.42 Å². The quantitative estimate of drug-likeness (QED) is 0.711. The van der Waals surface area contributed by atoms with Crippen LogP contribution in [0.4, 0.5) is 0 Å². The molecule has 5 heteroatoms. The molecule has 1 amide bonds. The highest BCUT2D eigenvalue weighted by Gasteiger charge is 2.21. The molecule has 0 aliphatic carbocycles. The zero-order valence-electron chi connectivity index (χ0n) is 15.6. The van der Waals surface area contributed by atoms with E-state index in [4.69, 9.17) is 5.11 Å². The molecule has 2 aromatic carbocycles. The van der Waals surface area contributed by atoms with Crippen LogP contribution in [0.15, 0.2) is 54.6 Å². The van der Waals surface area contributed by atoms with Crippen LogP contribution in [0.1, 0.15) is 32.3 Å². The van der Waals surface area contributed by atoms with Crippen LogP contribution in [0, 0.1) is 5.92 Å². The highest BCUT2D eigenvalue weighted by Crippen LogP contribution is 2.20. The van der Waals surface area contributed by atoms with Gasteiger partial charge in [-0.2, -0.15) is 0 Å². The first kappa shape index (κ1) is 20.4. The number of amides is 1. The first-order valence-electron chi connectivity index (χ1n) is 9.04. The summed E-state index contributed by atoms with van der Waals surface area (Å²) in [5.41, 5.74) is 3.28. The molecule has 0 aliphatic rings. The average Bonchev–Trinajstić information content (AvgIpc) is 2.65. The molecule has 0 radical (unpaired) electrons. The maximum atomic E-state index is 12.4. The second kappa shape index (κ2) is 9.67. The second-order valence-corrected chi connectivity index (χ2v) is 6.77. The van der Waals surface area contributed by atoms with Gasteiger partial charge in [0.05, 0.1) is 6.04 Å². The SMILES string of the molecule is CC(=O)[C@H](CCC(=O)O)NC(=O)[C@@H](C)Cc1ccc(-c2ccccc2)cc1. The Morgan fingerprint density at radius 3 is 2.11 bits per heavy atom. The van der Waals surface area contributed by atoms with Gasteiger partial charge >= 0.3 is 5.97 Å². The molecule has 2 atom stereocenters. The summed E-state index contributed by atoms with van der Waals surface area (Å²) in [6.45, 7) is 3.16. The van der Waals surface area contributed by atoms with Gasteiger partial charge < -0.3 is 10.4 Å². The molecule has 5 nitrogen and oxygen atoms in total. The van der Waals surface area contributed by atoms with Crippen LogP contribution in [-0.2, 0) is 20.8 Å². The van der Waals surface area contributed by atoms with Crippen molar-refractivity contribution in [3.8, 4) is 11.1 Å². The summed E-state index contributed by atoms with van der Waals surface area (Å²) in [4.78, 5) is 34.7. The van der Waals surface area contributed by atoms with E-state index < -0.39 is 12.0 Å². The highest BCUT2D eigenvalue weighted by atomic mass is 16.4. The maximum absolute atomic E-state index is 12.4. The Morgan fingerprint density at radius 1 is 0.963 bits per heavy atom. The predicted octanol–water partition coefficient (Wildman–Crippen LogP) is 3.47. The molecule has 0 saturated carbocycles. The van der Waals surface area contributed by atoms with Crippen LogP contribution >= 0.6 is 0 Å². The number of ketones is 1. The van der Waals surface area contributed by atoms with Gasteiger partial charge in [-0.05, 0) is 36.5 Å². The number of rotatable bonds is 9. The number of Topliss-reactive ketones (excluding diaryl/α,β-unsaturated/α-hetero) is 1. The van der Waals surface area contributed by atoms with E-state index in [-0.39, 0.29) is 30.4 Å². The summed E-state index contributed by atoms with van der Waals surface area (Å²) >= 11 is 0. The van der Waals surface area contributed by atoms with Crippen molar-refractivity contribution in [3.63, 3.8) is 0 Å². The summed E-state index contributed by atoms with van der Waals surface area (Å²) < 4.78 is 0. The molecule has 2 N–H and O–H groups in total. The fourth-order valence-electron chi connectivity index (χ4n) is 2.87. The lowest BCUT2D eigenvalue weighted by molar-refractivity contribution is -0.138. The fraction of sp³-hybridized carbons (Fsp3) is 0.318. The third-order valence-electron chi connectivity index (χ3n) is 4.50. The summed E-state index contributed by atoms with van der Waals surface area (Å²) in [7, 11) is 0. The molecule has 0 saturated heterocycles. The molecule has 0 bridgehead atoms. The summed E-state index contributed by atoms with van der Waals surface area (Å²) in [6.07, 6.45) is 0.499. The lowest BCUT2D eigenvalue weighted by Gasteiger charge is -2.18. The van der Waals surface area contributed by atoms with Crippen molar-refractivity contribution in [1.82, 2.24) is 5.32 Å². The Labute approximate surface area is 159 Å². The van der Waals surface area contributed by atoms with Gasteiger partial charge in [0.25, 0.3) is 0 Å². The molecule has 0 spiro atoms. The van der Waals surface area contributed by atoms with Crippen LogP contribution < -0.4 is 5.32 Å². The van der Waals surface area contributed by atoms with Crippen LogP contribution in [-0.4, -0.2) is 28.8 Å². The lowest BCUT2D eigenvalue weighted by Crippen LogP contribution is -2.43. The number of hydrogen-bond acceptors (Lipinski definition) is 3. The number of hydrogen-bond donors (Lipinski definition) is 2. The minimum atomic E-state index is -0.984. The van der Waals surface area contributed by atoms with Gasteiger partial charge in [0.15, 0.2) is 5.78 Å². The zero-order valence-corrected chi connectivity index (χ0v) is 15.6. The Hall–Kier alpha value is -2.95. The molecule has 0 heterocycles. The fourth-order valence-corrected chi connectivity index (χ4v) is 2.87. The molecule has 0 fully saturated rings. The van der Waals surface area contributed by atoms with Gasteiger partial charge in [0, 0.05) is 12.3 Å². The van der Waals surface area contributed by atoms with Crippen molar-refractivity contribution in [2.45, 2.75) is 39.2 Å². The van der Waals surface area contributed by atoms with Crippen LogP contribution in [0.5, 0.6) is 0 Å². The zero-order chi connectivity index (χ0) is 19.8. The molecule has 2 rings (SSSR count). The van der Waals surface area contributed by atoms with Gasteiger partial charge in [-0.3, -0.25) is 14.4 Å². The second-order valence-electron chi connectivity index (χ2n) is 6.77. The molecular weight excluding hydrogens is 342 g/mol. The van der Waals surface area contributed by atoms with Crippen LogP contribution in [0.25, 0.3) is 11.1 Å². The van der Waals surface area contributed by atoms with Crippen LogP contribution in [0.2, 0.25) is 0 Å². The largest absolute Gasteiger partial charge is 0.481 e. The molecular formula is C22H25NO4. The Bertz CT molecular complexity index is 784. The number of aliphatic carboxylic acids is 1. The van der Waals surface area contributed by atoms with Crippen molar-refractivity contribution >= 4 is 17.7 Å². The summed E-state index contributed by atoms with van der Waals surface area (Å²) in [5.74, 6) is -1.78. The van der Waals surface area contributed by atoms with Gasteiger partial charge in [0.2, 0.25) is 5.91 Å². The molecule has 142 valence electrons. The third kappa shape index (κ3) is 6.37. The van der Waals surface area contributed by atoms with Crippen molar-refractivity contribution in [3.05, 3.63) is 60.2 Å². The molecule has 2 aromatic rings. The van der Waals surface area contributed by atoms with Gasteiger partial charge in [0.1, 0.15) is 0 Å². The van der Waals surface area contributed by atoms with Gasteiger partial charge in [-0.15, -0.1) is 0 Å². The summed E-state index contributed by atoms with van der Waals surface area (Å²) in [5, 5.41) is 11.4. The molecule has 0 aromatic heterocycles. The topological polar surface area (TPSA) is 83.5 Å². The predicted molar refractivity (Wildman–Crippen MR) is 104 cm³/mol. The molecule has 0 unspecified atom stereocenters. The lowest BCUT2D eigenvalue weighted by atomic mass is 9.97. The maximum Gasteiger partial charge on any atom is 0.303 e. The van der Waals surface area contributed by atoms with Crippen molar-refractivity contribution in [2.75, 3.05) is 0 Å². The minimum absolute atomic E-state index is 0.106. The van der Waals surface area contributed by atoms with E-state index in [0.717, 1.165) is 16.7 Å². The Kier molecular flexibility index (Phi) is 7.29. The normalized spacial score (nSPS) is 12.8. The van der Waals surface area contributed by atoms with Gasteiger partial charge in [-0.25, -0.2) is 0 Å². The smallest absolute Gasteiger partial charge is 0.303 e. The van der Waals surface area contributed by atoms with E-state index in [1.807, 2.05) is 54.6 Å². The third-order valence-corrected chi connectivity index (χ3v) is 4.50. The van der Waals surface area contributed by atoms with Crippen molar-refractivity contribution < 1.29 is 19.5 Å². The van der Waals surface area contributed by atoms with E-state index in [1.54, 1.807) is 6.92 Å². The van der Waals surface area contributed by atoms with Gasteiger partial charge in [-0.1, -0.05) is 61.5 Å². The van der Waals surface area contributed by atoms with Crippen molar-refractivity contribution in [2.24, 2.45) is 5.92 Å². The van der Waals surface area contributed by atoms with E-state index >= 15 is 0 Å². The van der Waals surface area contributed by atoms with E-state index in [2.05, 4.69) is 5.32 Å². The number of carboxylic acid groups (broad SMARTS) is 1. The van der Waals surface area contributed by atoms with Crippen molar-refractivity contribution in [1.29, 1.82) is 0 Å². The average molecular weight is 367 g/mol. The Morgan fingerprint density at radius 2 is 1.56 bits per heavy atom. The first-order valence-corrected chi connectivity index (χ1v) is 9.04. The number of nitrogens with one attached hydrogen (secondary N) is 1. The highest BCUT2D eigenvalue weighted by molar-refractivity contribution is 5.88. The number of carbonyl (C=O) groups excluding carboxylic acids is 2. The molecule has 27 heavy (non-hydrogen) atoms. The molecule has 0 aliphatic heterocycles. The number of carbonyl (C=O) groups is 3. The number of carboxylic acids is 1.